The van der Waals surface area contributed by atoms with Gasteiger partial charge in [0.25, 0.3) is 0 Å². The van der Waals surface area contributed by atoms with Crippen molar-refractivity contribution in [2.75, 3.05) is 6.61 Å². The number of carbonyl (C=O) groups is 1. The van der Waals surface area contributed by atoms with Gasteiger partial charge in [-0.05, 0) is 29.5 Å². The third-order valence-electron chi connectivity index (χ3n) is 4.06. The SMILES string of the molecule is O=C(NC(CO)Cc1ccccc1)C1Cc2ccccc21. The maximum atomic E-state index is 12.3. The Morgan fingerprint density at radius 1 is 1.14 bits per heavy atom. The summed E-state index contributed by atoms with van der Waals surface area (Å²) in [6.45, 7) is -0.0466. The second kappa shape index (κ2) is 6.10. The van der Waals surface area contributed by atoms with Crippen LogP contribution in [0.4, 0.5) is 0 Å². The van der Waals surface area contributed by atoms with Crippen molar-refractivity contribution in [2.45, 2.75) is 24.8 Å². The molecule has 2 unspecified atom stereocenters. The number of nitrogens with one attached hydrogen (secondary N) is 1. The van der Waals surface area contributed by atoms with E-state index in [9.17, 15) is 9.90 Å². The molecule has 1 amide bonds. The van der Waals surface area contributed by atoms with Gasteiger partial charge in [-0.15, -0.1) is 0 Å². The van der Waals surface area contributed by atoms with Gasteiger partial charge in [-0.2, -0.15) is 0 Å². The van der Waals surface area contributed by atoms with Gasteiger partial charge in [0.05, 0.1) is 18.6 Å². The number of carbonyl (C=O) groups excluding carboxylic acids is 1. The van der Waals surface area contributed by atoms with E-state index in [1.807, 2.05) is 48.5 Å². The summed E-state index contributed by atoms with van der Waals surface area (Å²) in [4.78, 5) is 12.3. The predicted octanol–water partition coefficient (Wildman–Crippen LogP) is 2.05. The summed E-state index contributed by atoms with van der Waals surface area (Å²) in [5.41, 5.74) is 3.48. The molecule has 21 heavy (non-hydrogen) atoms. The van der Waals surface area contributed by atoms with Crippen LogP contribution < -0.4 is 5.32 Å². The summed E-state index contributed by atoms with van der Waals surface area (Å²) in [7, 11) is 0. The molecule has 0 saturated heterocycles. The maximum Gasteiger partial charge on any atom is 0.228 e. The van der Waals surface area contributed by atoms with Crippen LogP contribution in [0.15, 0.2) is 54.6 Å². The number of amides is 1. The molecule has 2 atom stereocenters. The lowest BCUT2D eigenvalue weighted by atomic mass is 9.77. The summed E-state index contributed by atoms with van der Waals surface area (Å²) < 4.78 is 0. The van der Waals surface area contributed by atoms with E-state index in [0.29, 0.717) is 6.42 Å². The molecule has 3 heteroatoms. The standard InChI is InChI=1S/C18H19NO2/c20-12-15(10-13-6-2-1-3-7-13)19-18(21)17-11-14-8-4-5-9-16(14)17/h1-9,15,17,20H,10-12H2,(H,19,21). The van der Waals surface area contributed by atoms with E-state index in [4.69, 9.17) is 0 Å². The molecule has 0 bridgehead atoms. The normalized spacial score (nSPS) is 17.5. The first-order valence-corrected chi connectivity index (χ1v) is 7.31. The average molecular weight is 281 g/mol. The van der Waals surface area contributed by atoms with E-state index in [-0.39, 0.29) is 24.5 Å². The molecule has 2 aromatic carbocycles. The van der Waals surface area contributed by atoms with Gasteiger partial charge in [0.2, 0.25) is 5.91 Å². The molecule has 0 heterocycles. The molecule has 108 valence electrons. The minimum absolute atomic E-state index is 0.0173. The van der Waals surface area contributed by atoms with Crippen molar-refractivity contribution in [1.82, 2.24) is 5.32 Å². The number of hydrogen-bond acceptors (Lipinski definition) is 2. The Morgan fingerprint density at radius 2 is 1.86 bits per heavy atom. The zero-order chi connectivity index (χ0) is 14.7. The van der Waals surface area contributed by atoms with Crippen molar-refractivity contribution in [2.24, 2.45) is 0 Å². The van der Waals surface area contributed by atoms with Gasteiger partial charge < -0.3 is 10.4 Å². The molecule has 2 aromatic rings. The van der Waals surface area contributed by atoms with E-state index < -0.39 is 0 Å². The highest BCUT2D eigenvalue weighted by Gasteiger charge is 2.32. The quantitative estimate of drug-likeness (QED) is 0.881. The third-order valence-corrected chi connectivity index (χ3v) is 4.06. The van der Waals surface area contributed by atoms with Crippen LogP contribution in [-0.2, 0) is 17.6 Å². The molecule has 0 fully saturated rings. The van der Waals surface area contributed by atoms with Crippen LogP contribution in [0, 0.1) is 0 Å². The van der Waals surface area contributed by atoms with Crippen molar-refractivity contribution < 1.29 is 9.90 Å². The number of rotatable bonds is 5. The fourth-order valence-corrected chi connectivity index (χ4v) is 2.85. The lowest BCUT2D eigenvalue weighted by Crippen LogP contribution is -2.44. The van der Waals surface area contributed by atoms with Crippen molar-refractivity contribution in [3.63, 3.8) is 0 Å². The third kappa shape index (κ3) is 2.98. The highest BCUT2D eigenvalue weighted by molar-refractivity contribution is 5.87. The Labute approximate surface area is 124 Å². The smallest absolute Gasteiger partial charge is 0.228 e. The fourth-order valence-electron chi connectivity index (χ4n) is 2.85. The summed E-state index contributed by atoms with van der Waals surface area (Å²) >= 11 is 0. The van der Waals surface area contributed by atoms with E-state index >= 15 is 0 Å². The Bertz CT molecular complexity index is 624. The van der Waals surface area contributed by atoms with Crippen LogP contribution in [0.25, 0.3) is 0 Å². The Kier molecular flexibility index (Phi) is 4.02. The highest BCUT2D eigenvalue weighted by atomic mass is 16.3. The topological polar surface area (TPSA) is 49.3 Å². The molecular formula is C18H19NO2. The molecular weight excluding hydrogens is 262 g/mol. The zero-order valence-corrected chi connectivity index (χ0v) is 11.8. The highest BCUT2D eigenvalue weighted by Crippen LogP contribution is 2.34. The zero-order valence-electron chi connectivity index (χ0n) is 11.8. The average Bonchev–Trinajstić information content (AvgIpc) is 2.49. The molecule has 0 radical (unpaired) electrons. The van der Waals surface area contributed by atoms with Crippen LogP contribution >= 0.6 is 0 Å². The van der Waals surface area contributed by atoms with Gasteiger partial charge in [0.15, 0.2) is 0 Å². The second-order valence-corrected chi connectivity index (χ2v) is 5.53. The molecule has 0 aromatic heterocycles. The summed E-state index contributed by atoms with van der Waals surface area (Å²) in [6, 6.07) is 17.7. The van der Waals surface area contributed by atoms with Crippen LogP contribution in [-0.4, -0.2) is 23.7 Å². The van der Waals surface area contributed by atoms with Crippen LogP contribution in [0.5, 0.6) is 0 Å². The van der Waals surface area contributed by atoms with Gasteiger partial charge in [-0.25, -0.2) is 0 Å². The molecule has 1 aliphatic rings. The Morgan fingerprint density at radius 3 is 2.57 bits per heavy atom. The van der Waals surface area contributed by atoms with Crippen LogP contribution in [0.1, 0.15) is 22.6 Å². The van der Waals surface area contributed by atoms with Crippen LogP contribution in [0.2, 0.25) is 0 Å². The first kappa shape index (κ1) is 13.8. The lowest BCUT2D eigenvalue weighted by molar-refractivity contribution is -0.124. The number of aliphatic hydroxyl groups is 1. The Hall–Kier alpha value is -2.13. The Balaban J connectivity index is 1.61. The van der Waals surface area contributed by atoms with Crippen molar-refractivity contribution in [3.8, 4) is 0 Å². The van der Waals surface area contributed by atoms with E-state index in [1.54, 1.807) is 0 Å². The fraction of sp³-hybridized carbons (Fsp3) is 0.278. The maximum absolute atomic E-state index is 12.3. The second-order valence-electron chi connectivity index (χ2n) is 5.53. The van der Waals surface area contributed by atoms with Crippen molar-refractivity contribution in [1.29, 1.82) is 0 Å². The molecule has 0 spiro atoms. The first-order valence-electron chi connectivity index (χ1n) is 7.31. The van der Waals surface area contributed by atoms with E-state index in [0.717, 1.165) is 17.5 Å². The predicted molar refractivity (Wildman–Crippen MR) is 82.0 cm³/mol. The first-order chi connectivity index (χ1) is 10.3. The van der Waals surface area contributed by atoms with E-state index in [2.05, 4.69) is 11.4 Å². The number of aliphatic hydroxyl groups excluding tert-OH is 1. The van der Waals surface area contributed by atoms with Crippen molar-refractivity contribution in [3.05, 3.63) is 71.3 Å². The van der Waals surface area contributed by atoms with Crippen molar-refractivity contribution >= 4 is 5.91 Å². The minimum atomic E-state index is -0.229. The summed E-state index contributed by atoms with van der Waals surface area (Å²) in [5.74, 6) is -0.0466. The number of benzene rings is 2. The molecule has 0 aliphatic heterocycles. The van der Waals surface area contributed by atoms with Crippen LogP contribution in [0.3, 0.4) is 0 Å². The lowest BCUT2D eigenvalue weighted by Gasteiger charge is -2.30. The molecule has 3 rings (SSSR count). The van der Waals surface area contributed by atoms with Gasteiger partial charge in [-0.3, -0.25) is 4.79 Å². The van der Waals surface area contributed by atoms with Gasteiger partial charge in [0, 0.05) is 0 Å². The van der Waals surface area contributed by atoms with Gasteiger partial charge >= 0.3 is 0 Å². The monoisotopic (exact) mass is 281 g/mol. The minimum Gasteiger partial charge on any atom is -0.394 e. The molecule has 3 nitrogen and oxygen atoms in total. The molecule has 2 N–H and O–H groups in total. The number of hydrogen-bond donors (Lipinski definition) is 2. The molecule has 0 saturated carbocycles. The van der Waals surface area contributed by atoms with Gasteiger partial charge in [-0.1, -0.05) is 54.6 Å². The summed E-state index contributed by atoms with van der Waals surface area (Å²) in [5, 5.41) is 12.5. The van der Waals surface area contributed by atoms with Gasteiger partial charge in [0.1, 0.15) is 0 Å². The number of fused-ring (bicyclic) bond motifs is 1. The van der Waals surface area contributed by atoms with E-state index in [1.165, 1.54) is 5.56 Å². The summed E-state index contributed by atoms with van der Waals surface area (Å²) in [6.07, 6.45) is 1.45. The largest absolute Gasteiger partial charge is 0.394 e. The molecule has 1 aliphatic carbocycles.